The lowest BCUT2D eigenvalue weighted by Crippen LogP contribution is -2.36. The molecule has 0 aliphatic heterocycles. The molecule has 26 heavy (non-hydrogen) atoms. The first-order chi connectivity index (χ1) is 12.3. The van der Waals surface area contributed by atoms with Crippen LogP contribution in [0.2, 0.25) is 5.02 Å². The molecule has 2 aromatic carbocycles. The third kappa shape index (κ3) is 5.99. The zero-order chi connectivity index (χ0) is 19.2. The number of likely N-dealkylation sites (N-methyl/N-ethyl adjacent to an activating group) is 1. The third-order valence-electron chi connectivity index (χ3n) is 4.20. The maximum Gasteiger partial charge on any atom is 0.211 e. The summed E-state index contributed by atoms with van der Waals surface area (Å²) in [4.78, 5) is 1.95. The van der Waals surface area contributed by atoms with Crippen molar-refractivity contribution in [1.29, 1.82) is 0 Å². The van der Waals surface area contributed by atoms with Gasteiger partial charge in [0.05, 0.1) is 12.9 Å². The molecule has 0 bridgehead atoms. The minimum Gasteiger partial charge on any atom is -0.497 e. The summed E-state index contributed by atoms with van der Waals surface area (Å²) in [6.45, 7) is 0.266. The number of nitrogens with one attached hydrogen (secondary N) is 1. The average Bonchev–Trinajstić information content (AvgIpc) is 2.62. The molecule has 0 amide bonds. The Morgan fingerprint density at radius 3 is 2.35 bits per heavy atom. The van der Waals surface area contributed by atoms with Crippen molar-refractivity contribution in [1.82, 2.24) is 9.62 Å². The van der Waals surface area contributed by atoms with Crippen molar-refractivity contribution < 1.29 is 13.2 Å². The number of methoxy groups -OCH3 is 1. The first kappa shape index (κ1) is 20.7. The van der Waals surface area contributed by atoms with Crippen LogP contribution in [-0.2, 0) is 16.4 Å². The summed E-state index contributed by atoms with van der Waals surface area (Å²) in [7, 11) is 2.01. The Morgan fingerprint density at radius 2 is 1.77 bits per heavy atom. The molecule has 1 atom stereocenters. The molecule has 2 aromatic rings. The molecule has 0 aromatic heterocycles. The van der Waals surface area contributed by atoms with Gasteiger partial charge in [0.25, 0.3) is 0 Å². The van der Waals surface area contributed by atoms with Crippen molar-refractivity contribution in [2.45, 2.75) is 12.5 Å². The van der Waals surface area contributed by atoms with E-state index in [-0.39, 0.29) is 18.3 Å². The van der Waals surface area contributed by atoms with E-state index in [2.05, 4.69) is 4.72 Å². The van der Waals surface area contributed by atoms with Crippen molar-refractivity contribution in [2.24, 2.45) is 0 Å². The van der Waals surface area contributed by atoms with Gasteiger partial charge in [-0.15, -0.1) is 0 Å². The number of aryl methyl sites for hydroxylation is 1. The number of hydrogen-bond acceptors (Lipinski definition) is 4. The summed E-state index contributed by atoms with van der Waals surface area (Å²) in [5.41, 5.74) is 1.85. The van der Waals surface area contributed by atoms with Gasteiger partial charge in [0.2, 0.25) is 10.0 Å². The fourth-order valence-corrected chi connectivity index (χ4v) is 3.96. The van der Waals surface area contributed by atoms with E-state index in [9.17, 15) is 8.42 Å². The molecule has 7 heteroatoms. The molecule has 5 nitrogen and oxygen atoms in total. The van der Waals surface area contributed by atoms with E-state index in [1.54, 1.807) is 7.11 Å². The van der Waals surface area contributed by atoms with Crippen molar-refractivity contribution in [3.05, 3.63) is 64.7 Å². The van der Waals surface area contributed by atoms with Gasteiger partial charge in [-0.2, -0.15) is 0 Å². The van der Waals surface area contributed by atoms with Gasteiger partial charge in [-0.1, -0.05) is 41.9 Å². The predicted octanol–water partition coefficient (Wildman–Crippen LogP) is 3.11. The molecule has 0 radical (unpaired) electrons. The SMILES string of the molecule is COc1ccc(CCS(=O)(=O)NC[C@H](c2ccccc2Cl)N(C)C)cc1. The summed E-state index contributed by atoms with van der Waals surface area (Å²) < 4.78 is 32.6. The van der Waals surface area contributed by atoms with Crippen LogP contribution in [0.15, 0.2) is 48.5 Å². The first-order valence-electron chi connectivity index (χ1n) is 8.33. The van der Waals surface area contributed by atoms with Crippen molar-refractivity contribution in [2.75, 3.05) is 33.5 Å². The molecular weight excluding hydrogens is 372 g/mol. The second-order valence-electron chi connectivity index (χ2n) is 6.27. The van der Waals surface area contributed by atoms with Gasteiger partial charge in [-0.3, -0.25) is 0 Å². The molecule has 0 heterocycles. The summed E-state index contributed by atoms with van der Waals surface area (Å²) in [5, 5.41) is 0.628. The van der Waals surface area contributed by atoms with E-state index >= 15 is 0 Å². The van der Waals surface area contributed by atoms with E-state index in [0.717, 1.165) is 16.9 Å². The summed E-state index contributed by atoms with van der Waals surface area (Å²) in [6, 6.07) is 14.8. The van der Waals surface area contributed by atoms with E-state index in [0.29, 0.717) is 11.4 Å². The predicted molar refractivity (Wildman–Crippen MR) is 106 cm³/mol. The zero-order valence-electron chi connectivity index (χ0n) is 15.3. The van der Waals surface area contributed by atoms with Gasteiger partial charge < -0.3 is 9.64 Å². The second-order valence-corrected chi connectivity index (χ2v) is 8.60. The number of benzene rings is 2. The minimum atomic E-state index is -3.40. The van der Waals surface area contributed by atoms with E-state index in [1.165, 1.54) is 0 Å². The molecule has 2 rings (SSSR count). The van der Waals surface area contributed by atoms with Crippen molar-refractivity contribution in [3.63, 3.8) is 0 Å². The Kier molecular flexibility index (Phi) is 7.46. The average molecular weight is 397 g/mol. The maximum atomic E-state index is 12.4. The highest BCUT2D eigenvalue weighted by Gasteiger charge is 2.20. The number of sulfonamides is 1. The minimum absolute atomic E-state index is 0.0298. The maximum absolute atomic E-state index is 12.4. The number of rotatable bonds is 9. The van der Waals surface area contributed by atoms with Crippen LogP contribution in [0.4, 0.5) is 0 Å². The molecule has 0 spiro atoms. The number of ether oxygens (including phenoxy) is 1. The lowest BCUT2D eigenvalue weighted by Gasteiger charge is -2.26. The van der Waals surface area contributed by atoms with Crippen LogP contribution in [-0.4, -0.2) is 46.8 Å². The molecule has 142 valence electrons. The first-order valence-corrected chi connectivity index (χ1v) is 10.4. The molecule has 0 fully saturated rings. The Balaban J connectivity index is 1.97. The summed E-state index contributed by atoms with van der Waals surface area (Å²) >= 11 is 6.26. The second kappa shape index (κ2) is 9.37. The number of hydrogen-bond donors (Lipinski definition) is 1. The molecule has 1 N–H and O–H groups in total. The lowest BCUT2D eigenvalue weighted by molar-refractivity contribution is 0.299. The van der Waals surface area contributed by atoms with Crippen LogP contribution in [0, 0.1) is 0 Å². The normalized spacial score (nSPS) is 13.0. The number of halogens is 1. The van der Waals surface area contributed by atoms with Crippen molar-refractivity contribution >= 4 is 21.6 Å². The highest BCUT2D eigenvalue weighted by atomic mass is 35.5. The molecular formula is C19H25ClN2O3S. The van der Waals surface area contributed by atoms with Crippen molar-refractivity contribution in [3.8, 4) is 5.75 Å². The Hall–Kier alpha value is -1.60. The molecule has 0 unspecified atom stereocenters. The van der Waals surface area contributed by atoms with Gasteiger partial charge in [0.15, 0.2) is 0 Å². The Labute approximate surface area is 161 Å². The van der Waals surface area contributed by atoms with Crippen LogP contribution in [0.5, 0.6) is 5.75 Å². The number of nitrogens with zero attached hydrogens (tertiary/aromatic N) is 1. The van der Waals surface area contributed by atoms with E-state index < -0.39 is 10.0 Å². The third-order valence-corrected chi connectivity index (χ3v) is 5.89. The molecule has 0 aliphatic carbocycles. The zero-order valence-corrected chi connectivity index (χ0v) is 16.8. The quantitative estimate of drug-likeness (QED) is 0.707. The topological polar surface area (TPSA) is 58.6 Å². The standard InChI is InChI=1S/C19H25ClN2O3S/c1-22(2)19(17-6-4-5-7-18(17)20)14-21-26(23,24)13-12-15-8-10-16(25-3)11-9-15/h4-11,19,21H,12-14H2,1-3H3/t19-/m1/s1. The highest BCUT2D eigenvalue weighted by molar-refractivity contribution is 7.89. The Morgan fingerprint density at radius 1 is 1.12 bits per heavy atom. The van der Waals surface area contributed by atoms with Crippen LogP contribution in [0.3, 0.4) is 0 Å². The van der Waals surface area contributed by atoms with Crippen LogP contribution in [0.1, 0.15) is 17.2 Å². The largest absolute Gasteiger partial charge is 0.497 e. The smallest absolute Gasteiger partial charge is 0.211 e. The molecule has 0 aliphatic rings. The van der Waals surface area contributed by atoms with Gasteiger partial charge in [0.1, 0.15) is 5.75 Å². The lowest BCUT2D eigenvalue weighted by atomic mass is 10.1. The van der Waals surface area contributed by atoms with Crippen LogP contribution < -0.4 is 9.46 Å². The van der Waals surface area contributed by atoms with Gasteiger partial charge in [-0.25, -0.2) is 13.1 Å². The Bertz CT molecular complexity index is 808. The van der Waals surface area contributed by atoms with Crippen LogP contribution >= 0.6 is 11.6 Å². The molecule has 0 saturated heterocycles. The summed E-state index contributed by atoms with van der Waals surface area (Å²) in [5.74, 6) is 0.783. The molecule has 0 saturated carbocycles. The fraction of sp³-hybridized carbons (Fsp3) is 0.368. The van der Waals surface area contributed by atoms with Gasteiger partial charge in [0, 0.05) is 17.6 Å². The van der Waals surface area contributed by atoms with Gasteiger partial charge in [-0.05, 0) is 49.8 Å². The van der Waals surface area contributed by atoms with Crippen LogP contribution in [0.25, 0.3) is 0 Å². The van der Waals surface area contributed by atoms with E-state index in [4.69, 9.17) is 16.3 Å². The van der Waals surface area contributed by atoms with E-state index in [1.807, 2.05) is 67.5 Å². The monoisotopic (exact) mass is 396 g/mol. The van der Waals surface area contributed by atoms with Gasteiger partial charge >= 0.3 is 0 Å². The highest BCUT2D eigenvalue weighted by Crippen LogP contribution is 2.25. The fourth-order valence-electron chi connectivity index (χ4n) is 2.64. The summed E-state index contributed by atoms with van der Waals surface area (Å²) in [6.07, 6.45) is 0.443.